The average molecular weight is 341 g/mol. The fraction of sp³-hybridized carbons (Fsp3) is 0.400. The first-order valence-electron chi connectivity index (χ1n) is 8.79. The Balaban J connectivity index is 2.19. The van der Waals surface area contributed by atoms with E-state index in [1.807, 2.05) is 19.9 Å². The van der Waals surface area contributed by atoms with E-state index in [1.165, 1.54) is 10.6 Å². The van der Waals surface area contributed by atoms with Crippen molar-refractivity contribution in [1.29, 1.82) is 5.41 Å². The van der Waals surface area contributed by atoms with Crippen molar-refractivity contribution in [1.82, 2.24) is 4.57 Å². The number of benzene rings is 1. The third-order valence-corrected chi connectivity index (χ3v) is 4.83. The molecule has 0 amide bonds. The Labute approximate surface area is 147 Å². The summed E-state index contributed by atoms with van der Waals surface area (Å²) < 4.78 is 15.9. The van der Waals surface area contributed by atoms with Crippen LogP contribution in [0, 0.1) is 18.2 Å². The van der Waals surface area contributed by atoms with Crippen LogP contribution in [0.1, 0.15) is 48.4 Å². The van der Waals surface area contributed by atoms with Crippen molar-refractivity contribution >= 4 is 17.2 Å². The van der Waals surface area contributed by atoms with Crippen LogP contribution in [0.4, 0.5) is 15.9 Å². The van der Waals surface area contributed by atoms with Gasteiger partial charge in [0.25, 0.3) is 5.56 Å². The highest BCUT2D eigenvalue weighted by molar-refractivity contribution is 6.04. The van der Waals surface area contributed by atoms with Crippen LogP contribution in [0.5, 0.6) is 0 Å². The first-order valence-corrected chi connectivity index (χ1v) is 8.79. The average Bonchev–Trinajstić information content (AvgIpc) is 3.04. The lowest BCUT2D eigenvalue weighted by molar-refractivity contribution is 0.630. The van der Waals surface area contributed by atoms with Gasteiger partial charge in [-0.15, -0.1) is 0 Å². The van der Waals surface area contributed by atoms with Crippen molar-refractivity contribution in [2.45, 2.75) is 46.0 Å². The van der Waals surface area contributed by atoms with E-state index in [0.717, 1.165) is 47.9 Å². The van der Waals surface area contributed by atoms with Crippen molar-refractivity contribution in [3.63, 3.8) is 0 Å². The predicted molar refractivity (Wildman–Crippen MR) is 99.9 cm³/mol. The third kappa shape index (κ3) is 3.11. The standard InChI is InChI=1S/C20H24FN3O/c1-4-6-16(22)18-13-7-5-8-14(13)20(25)24(3)19(18)23-17-10-9-12(2)11-15(17)21/h9-11,22-23H,4-8H2,1-3H3. The maximum Gasteiger partial charge on any atom is 0.255 e. The smallest absolute Gasteiger partial charge is 0.255 e. The van der Waals surface area contributed by atoms with Gasteiger partial charge in [-0.1, -0.05) is 19.4 Å². The van der Waals surface area contributed by atoms with Crippen LogP contribution in [0.3, 0.4) is 0 Å². The Hall–Kier alpha value is -2.43. The highest BCUT2D eigenvalue weighted by Gasteiger charge is 2.26. The Kier molecular flexibility index (Phi) is 4.75. The summed E-state index contributed by atoms with van der Waals surface area (Å²) in [5.41, 5.74) is 4.18. The number of rotatable bonds is 5. The summed E-state index contributed by atoms with van der Waals surface area (Å²) in [5, 5.41) is 11.6. The quantitative estimate of drug-likeness (QED) is 0.800. The van der Waals surface area contributed by atoms with Crippen LogP contribution < -0.4 is 10.9 Å². The molecule has 0 unspecified atom stereocenters. The molecule has 1 heterocycles. The molecule has 132 valence electrons. The number of halogens is 1. The van der Waals surface area contributed by atoms with Crippen LogP contribution in [-0.4, -0.2) is 10.3 Å². The zero-order valence-electron chi connectivity index (χ0n) is 15.0. The van der Waals surface area contributed by atoms with Gasteiger partial charge in [0.15, 0.2) is 0 Å². The van der Waals surface area contributed by atoms with E-state index in [9.17, 15) is 9.18 Å². The maximum atomic E-state index is 14.3. The molecule has 0 radical (unpaired) electrons. The van der Waals surface area contributed by atoms with Gasteiger partial charge in [0.2, 0.25) is 0 Å². The zero-order valence-corrected chi connectivity index (χ0v) is 15.0. The van der Waals surface area contributed by atoms with Crippen molar-refractivity contribution in [3.05, 3.63) is 56.6 Å². The highest BCUT2D eigenvalue weighted by atomic mass is 19.1. The number of fused-ring (bicyclic) bond motifs is 1. The first kappa shape index (κ1) is 17.4. The lowest BCUT2D eigenvalue weighted by Crippen LogP contribution is -2.27. The Morgan fingerprint density at radius 2 is 2.04 bits per heavy atom. The van der Waals surface area contributed by atoms with Crippen molar-refractivity contribution in [2.75, 3.05) is 5.32 Å². The molecule has 0 saturated carbocycles. The summed E-state index contributed by atoms with van der Waals surface area (Å²) in [5.74, 6) is 0.160. The van der Waals surface area contributed by atoms with E-state index >= 15 is 0 Å². The second-order valence-electron chi connectivity index (χ2n) is 6.74. The molecule has 0 bridgehead atoms. The molecule has 0 atom stereocenters. The fourth-order valence-electron chi connectivity index (χ4n) is 3.57. The molecule has 25 heavy (non-hydrogen) atoms. The number of hydrogen-bond donors (Lipinski definition) is 2. The molecule has 3 rings (SSSR count). The van der Waals surface area contributed by atoms with Crippen LogP contribution in [0.2, 0.25) is 0 Å². The van der Waals surface area contributed by atoms with Gasteiger partial charge in [0.1, 0.15) is 11.6 Å². The van der Waals surface area contributed by atoms with Gasteiger partial charge in [-0.3, -0.25) is 9.36 Å². The molecule has 5 heteroatoms. The molecule has 1 aromatic carbocycles. The van der Waals surface area contributed by atoms with E-state index < -0.39 is 0 Å². The van der Waals surface area contributed by atoms with Crippen LogP contribution in [0.15, 0.2) is 23.0 Å². The minimum Gasteiger partial charge on any atom is -0.339 e. The zero-order chi connectivity index (χ0) is 18.1. The Morgan fingerprint density at radius 3 is 2.72 bits per heavy atom. The van der Waals surface area contributed by atoms with Crippen molar-refractivity contribution in [2.24, 2.45) is 7.05 Å². The lowest BCUT2D eigenvalue weighted by Gasteiger charge is -2.20. The summed E-state index contributed by atoms with van der Waals surface area (Å²) in [6.45, 7) is 3.86. The molecule has 0 aliphatic heterocycles. The maximum absolute atomic E-state index is 14.3. The summed E-state index contributed by atoms with van der Waals surface area (Å²) in [4.78, 5) is 12.7. The third-order valence-electron chi connectivity index (χ3n) is 4.83. The van der Waals surface area contributed by atoms with Crippen LogP contribution in [0.25, 0.3) is 0 Å². The van der Waals surface area contributed by atoms with E-state index in [-0.39, 0.29) is 11.4 Å². The largest absolute Gasteiger partial charge is 0.339 e. The molecular formula is C20H24FN3O. The summed E-state index contributed by atoms with van der Waals surface area (Å²) >= 11 is 0. The predicted octanol–water partition coefficient (Wildman–Crippen LogP) is 4.23. The molecule has 1 aliphatic rings. The molecule has 4 nitrogen and oxygen atoms in total. The van der Waals surface area contributed by atoms with E-state index in [0.29, 0.717) is 23.6 Å². The molecule has 1 aromatic heterocycles. The van der Waals surface area contributed by atoms with Crippen LogP contribution >= 0.6 is 0 Å². The van der Waals surface area contributed by atoms with E-state index in [4.69, 9.17) is 5.41 Å². The summed E-state index contributed by atoms with van der Waals surface area (Å²) in [7, 11) is 1.69. The van der Waals surface area contributed by atoms with E-state index in [2.05, 4.69) is 5.32 Å². The molecule has 0 fully saturated rings. The van der Waals surface area contributed by atoms with Gasteiger partial charge in [-0.2, -0.15) is 0 Å². The topological polar surface area (TPSA) is 57.9 Å². The monoisotopic (exact) mass is 341 g/mol. The molecule has 2 aromatic rings. The van der Waals surface area contributed by atoms with Crippen molar-refractivity contribution < 1.29 is 4.39 Å². The molecular weight excluding hydrogens is 317 g/mol. The normalized spacial score (nSPS) is 13.0. The second-order valence-corrected chi connectivity index (χ2v) is 6.74. The minimum atomic E-state index is -0.360. The SMILES string of the molecule is CCCC(=N)c1c2c(c(=O)n(C)c1Nc1ccc(C)cc1F)CCC2. The Morgan fingerprint density at radius 1 is 1.32 bits per heavy atom. The minimum absolute atomic E-state index is 0.0458. The van der Waals surface area contributed by atoms with Gasteiger partial charge in [0, 0.05) is 23.9 Å². The van der Waals surface area contributed by atoms with E-state index in [1.54, 1.807) is 13.1 Å². The summed E-state index contributed by atoms with van der Waals surface area (Å²) in [6.07, 6.45) is 3.98. The van der Waals surface area contributed by atoms with Crippen LogP contribution in [-0.2, 0) is 19.9 Å². The number of hydrogen-bond acceptors (Lipinski definition) is 3. The molecule has 2 N–H and O–H groups in total. The van der Waals surface area contributed by atoms with Gasteiger partial charge in [-0.05, 0) is 55.9 Å². The number of anilines is 2. The van der Waals surface area contributed by atoms with Gasteiger partial charge in [0.05, 0.1) is 5.69 Å². The molecule has 0 saturated heterocycles. The number of nitrogens with one attached hydrogen (secondary N) is 2. The molecule has 1 aliphatic carbocycles. The van der Waals surface area contributed by atoms with Gasteiger partial charge < -0.3 is 10.7 Å². The Bertz CT molecular complexity index is 899. The lowest BCUT2D eigenvalue weighted by atomic mass is 9.98. The molecule has 0 spiro atoms. The second kappa shape index (κ2) is 6.82. The fourth-order valence-corrected chi connectivity index (χ4v) is 3.57. The first-order chi connectivity index (χ1) is 11.9. The van der Waals surface area contributed by atoms with Gasteiger partial charge >= 0.3 is 0 Å². The van der Waals surface area contributed by atoms with Gasteiger partial charge in [-0.25, -0.2) is 4.39 Å². The highest BCUT2D eigenvalue weighted by Crippen LogP contribution is 2.31. The number of aromatic nitrogens is 1. The number of pyridine rings is 1. The number of aryl methyl sites for hydroxylation is 1. The van der Waals surface area contributed by atoms with Crippen molar-refractivity contribution in [3.8, 4) is 0 Å². The number of nitrogens with zero attached hydrogens (tertiary/aromatic N) is 1. The summed E-state index contributed by atoms with van der Waals surface area (Å²) in [6, 6.07) is 4.97.